The van der Waals surface area contributed by atoms with Crippen molar-refractivity contribution in [3.63, 3.8) is 0 Å². The van der Waals surface area contributed by atoms with Crippen LogP contribution in [0.3, 0.4) is 0 Å². The average molecular weight is 435 g/mol. The van der Waals surface area contributed by atoms with Crippen molar-refractivity contribution in [3.05, 3.63) is 73.7 Å². The summed E-state index contributed by atoms with van der Waals surface area (Å²) in [4.78, 5) is 46.3. The van der Waals surface area contributed by atoms with Gasteiger partial charge in [-0.2, -0.15) is 0 Å². The van der Waals surface area contributed by atoms with E-state index in [1.165, 1.54) is 9.27 Å². The average Bonchev–Trinajstić information content (AvgIpc) is 3.24. The zero-order valence-corrected chi connectivity index (χ0v) is 17.9. The van der Waals surface area contributed by atoms with E-state index >= 15 is 0 Å². The van der Waals surface area contributed by atoms with Crippen molar-refractivity contribution in [3.8, 4) is 0 Å². The maximum Gasteiger partial charge on any atom is 0.316 e. The first kappa shape index (κ1) is 19.7. The van der Waals surface area contributed by atoms with Crippen LogP contribution in [0, 0.1) is 0 Å². The summed E-state index contributed by atoms with van der Waals surface area (Å²) >= 11 is 1.74. The number of H-pyrrole nitrogens is 1. The van der Waals surface area contributed by atoms with E-state index in [1.807, 2.05) is 30.0 Å². The Morgan fingerprint density at radius 2 is 1.94 bits per heavy atom. The number of piperidine rings is 1. The highest BCUT2D eigenvalue weighted by atomic mass is 32.1. The van der Waals surface area contributed by atoms with E-state index in [0.717, 1.165) is 23.4 Å². The summed E-state index contributed by atoms with van der Waals surface area (Å²) in [5.74, 6) is 0.313. The van der Waals surface area contributed by atoms with Crippen molar-refractivity contribution in [1.29, 1.82) is 0 Å². The standard InChI is InChI=1S/C23H22N4O3S/c1-2-27-18-8-7-15(13-17(18)24-20(28)23(27)30)22(29)26-11-9-14(10-12-26)21-25-16-5-3-4-6-19(16)31-21/h3-8,13-14H,2,9-12H2,1H3,(H,24,28). The lowest BCUT2D eigenvalue weighted by atomic mass is 9.97. The molecule has 3 heterocycles. The van der Waals surface area contributed by atoms with E-state index in [0.29, 0.717) is 42.1 Å². The van der Waals surface area contributed by atoms with Gasteiger partial charge in [0, 0.05) is 31.1 Å². The minimum Gasteiger partial charge on any atom is -0.339 e. The summed E-state index contributed by atoms with van der Waals surface area (Å²) in [5.41, 5.74) is 1.43. The third-order valence-electron chi connectivity index (χ3n) is 5.98. The fraction of sp³-hybridized carbons (Fsp3) is 0.304. The summed E-state index contributed by atoms with van der Waals surface area (Å²) in [5, 5.41) is 1.15. The van der Waals surface area contributed by atoms with Crippen LogP contribution in [0.25, 0.3) is 21.3 Å². The molecule has 158 valence electrons. The van der Waals surface area contributed by atoms with Crippen LogP contribution in [-0.4, -0.2) is 38.4 Å². The van der Waals surface area contributed by atoms with E-state index in [9.17, 15) is 14.4 Å². The number of hydrogen-bond acceptors (Lipinski definition) is 5. The largest absolute Gasteiger partial charge is 0.339 e. The first-order valence-electron chi connectivity index (χ1n) is 10.5. The summed E-state index contributed by atoms with van der Waals surface area (Å²) in [6.07, 6.45) is 1.76. The Morgan fingerprint density at radius 1 is 1.16 bits per heavy atom. The van der Waals surface area contributed by atoms with Gasteiger partial charge in [0.25, 0.3) is 5.91 Å². The molecule has 0 radical (unpaired) electrons. The molecule has 1 aliphatic rings. The second-order valence-corrected chi connectivity index (χ2v) is 8.88. The van der Waals surface area contributed by atoms with Crippen molar-refractivity contribution in [1.82, 2.24) is 19.4 Å². The number of amides is 1. The number of nitrogens with zero attached hydrogens (tertiary/aromatic N) is 3. The van der Waals surface area contributed by atoms with E-state index in [1.54, 1.807) is 29.5 Å². The van der Waals surface area contributed by atoms with Crippen LogP contribution in [0.1, 0.15) is 41.0 Å². The lowest BCUT2D eigenvalue weighted by molar-refractivity contribution is 0.0713. The van der Waals surface area contributed by atoms with Crippen LogP contribution in [0.15, 0.2) is 52.1 Å². The number of aromatic nitrogens is 3. The first-order chi connectivity index (χ1) is 15.0. The summed E-state index contributed by atoms with van der Waals surface area (Å²) in [6.45, 7) is 3.55. The third kappa shape index (κ3) is 3.46. The van der Waals surface area contributed by atoms with Gasteiger partial charge in [0.1, 0.15) is 0 Å². The molecule has 0 bridgehead atoms. The zero-order chi connectivity index (χ0) is 21.5. The molecule has 0 unspecified atom stereocenters. The lowest BCUT2D eigenvalue weighted by Gasteiger charge is -2.31. The SMILES string of the molecule is CCn1c(=O)c(=O)[nH]c2cc(C(=O)N3CCC(c4nc5ccccc5s4)CC3)ccc21. The number of carbonyl (C=O) groups excluding carboxylic acids is 1. The number of para-hydroxylation sites is 1. The van der Waals surface area contributed by atoms with Crippen molar-refractivity contribution in [2.75, 3.05) is 13.1 Å². The van der Waals surface area contributed by atoms with Crippen molar-refractivity contribution >= 4 is 38.5 Å². The van der Waals surface area contributed by atoms with Gasteiger partial charge in [-0.05, 0) is 50.1 Å². The number of aryl methyl sites for hydroxylation is 1. The molecule has 1 N–H and O–H groups in total. The molecule has 0 spiro atoms. The highest BCUT2D eigenvalue weighted by Gasteiger charge is 2.26. The van der Waals surface area contributed by atoms with Gasteiger partial charge >= 0.3 is 11.1 Å². The zero-order valence-electron chi connectivity index (χ0n) is 17.1. The van der Waals surface area contributed by atoms with Gasteiger partial charge in [0.15, 0.2) is 0 Å². The number of aromatic amines is 1. The summed E-state index contributed by atoms with van der Waals surface area (Å²) < 4.78 is 2.62. The van der Waals surface area contributed by atoms with Crippen LogP contribution in [0.2, 0.25) is 0 Å². The number of fused-ring (bicyclic) bond motifs is 2. The smallest absolute Gasteiger partial charge is 0.316 e. The fourth-order valence-electron chi connectivity index (χ4n) is 4.30. The molecule has 1 fully saturated rings. The molecule has 1 aliphatic heterocycles. The Kier molecular flexibility index (Phi) is 4.94. The van der Waals surface area contributed by atoms with Crippen LogP contribution in [0.4, 0.5) is 0 Å². The summed E-state index contributed by atoms with van der Waals surface area (Å²) in [7, 11) is 0. The van der Waals surface area contributed by atoms with Gasteiger partial charge in [-0.25, -0.2) is 4.98 Å². The summed E-state index contributed by atoms with van der Waals surface area (Å²) in [6, 6.07) is 13.3. The second-order valence-electron chi connectivity index (χ2n) is 7.82. The predicted octanol–water partition coefficient (Wildman–Crippen LogP) is 3.34. The molecule has 8 heteroatoms. The highest BCUT2D eigenvalue weighted by Crippen LogP contribution is 2.34. The van der Waals surface area contributed by atoms with E-state index < -0.39 is 11.1 Å². The van der Waals surface area contributed by atoms with Crippen LogP contribution >= 0.6 is 11.3 Å². The Bertz CT molecular complexity index is 1380. The number of carbonyl (C=O) groups is 1. The van der Waals surface area contributed by atoms with Crippen LogP contribution in [0.5, 0.6) is 0 Å². The maximum absolute atomic E-state index is 13.1. The van der Waals surface area contributed by atoms with Crippen molar-refractivity contribution in [2.45, 2.75) is 32.2 Å². The number of nitrogens with one attached hydrogen (secondary N) is 1. The molecule has 2 aromatic carbocycles. The normalized spacial score (nSPS) is 15.1. The Balaban J connectivity index is 1.35. The van der Waals surface area contributed by atoms with Gasteiger partial charge in [-0.1, -0.05) is 12.1 Å². The molecule has 0 atom stereocenters. The lowest BCUT2D eigenvalue weighted by Crippen LogP contribution is -2.38. The maximum atomic E-state index is 13.1. The highest BCUT2D eigenvalue weighted by molar-refractivity contribution is 7.18. The molecule has 1 amide bonds. The molecule has 2 aromatic heterocycles. The Hall–Kier alpha value is -3.26. The number of thiazole rings is 1. The van der Waals surface area contributed by atoms with E-state index in [-0.39, 0.29) is 5.91 Å². The molecule has 5 rings (SSSR count). The molecule has 4 aromatic rings. The van der Waals surface area contributed by atoms with E-state index in [4.69, 9.17) is 4.98 Å². The number of hydrogen-bond donors (Lipinski definition) is 1. The number of rotatable bonds is 3. The van der Waals surface area contributed by atoms with Gasteiger partial charge < -0.3 is 14.5 Å². The van der Waals surface area contributed by atoms with Crippen molar-refractivity contribution in [2.24, 2.45) is 0 Å². The van der Waals surface area contributed by atoms with Gasteiger partial charge in [-0.15, -0.1) is 11.3 Å². The monoisotopic (exact) mass is 434 g/mol. The Morgan fingerprint density at radius 3 is 2.68 bits per heavy atom. The number of benzene rings is 2. The minimum absolute atomic E-state index is 0.0558. The van der Waals surface area contributed by atoms with Gasteiger partial charge in [0.2, 0.25) is 0 Å². The second kappa shape index (κ2) is 7.77. The molecule has 0 aliphatic carbocycles. The predicted molar refractivity (Wildman–Crippen MR) is 122 cm³/mol. The third-order valence-corrected chi connectivity index (χ3v) is 7.18. The quantitative estimate of drug-likeness (QED) is 0.501. The molecule has 1 saturated heterocycles. The van der Waals surface area contributed by atoms with Gasteiger partial charge in [0.05, 0.1) is 26.3 Å². The topological polar surface area (TPSA) is 88.1 Å². The molecular weight excluding hydrogens is 412 g/mol. The molecular formula is C23H22N4O3S. The van der Waals surface area contributed by atoms with Gasteiger partial charge in [-0.3, -0.25) is 14.4 Å². The van der Waals surface area contributed by atoms with E-state index in [2.05, 4.69) is 11.1 Å². The Labute approximate surface area is 182 Å². The van der Waals surface area contributed by atoms with Crippen LogP contribution < -0.4 is 11.1 Å². The molecule has 31 heavy (non-hydrogen) atoms. The fourth-order valence-corrected chi connectivity index (χ4v) is 5.44. The molecule has 0 saturated carbocycles. The van der Waals surface area contributed by atoms with Crippen LogP contribution in [-0.2, 0) is 6.54 Å². The molecule has 7 nitrogen and oxygen atoms in total. The number of likely N-dealkylation sites (tertiary alicyclic amines) is 1. The first-order valence-corrected chi connectivity index (χ1v) is 11.3. The minimum atomic E-state index is -0.671. The van der Waals surface area contributed by atoms with Crippen molar-refractivity contribution < 1.29 is 4.79 Å².